The summed E-state index contributed by atoms with van der Waals surface area (Å²) in [6, 6.07) is 1.61. The summed E-state index contributed by atoms with van der Waals surface area (Å²) in [6.07, 6.45) is -5.28. The molecule has 0 aliphatic heterocycles. The van der Waals surface area contributed by atoms with Gasteiger partial charge in [0.05, 0.1) is 6.54 Å². The number of alkyl halides is 3. The molecule has 0 aromatic heterocycles. The van der Waals surface area contributed by atoms with E-state index in [0.717, 1.165) is 13.0 Å². The summed E-state index contributed by atoms with van der Waals surface area (Å²) in [7, 11) is 0. The lowest BCUT2D eigenvalue weighted by Gasteiger charge is -2.27. The molecule has 0 spiro atoms. The molecule has 9 heteroatoms. The largest absolute Gasteiger partial charge is 0.480 e. The van der Waals surface area contributed by atoms with Crippen LogP contribution in [0.15, 0.2) is 18.2 Å². The smallest absolute Gasteiger partial charge is 0.471 e. The van der Waals surface area contributed by atoms with Crippen molar-refractivity contribution in [2.24, 2.45) is 0 Å². The van der Waals surface area contributed by atoms with Gasteiger partial charge in [-0.25, -0.2) is 9.18 Å². The Balaban J connectivity index is 3.20. The van der Waals surface area contributed by atoms with Gasteiger partial charge in [-0.05, 0) is 19.1 Å². The second-order valence-electron chi connectivity index (χ2n) is 4.15. The van der Waals surface area contributed by atoms with Gasteiger partial charge in [0, 0.05) is 10.6 Å². The zero-order chi connectivity index (χ0) is 16.4. The summed E-state index contributed by atoms with van der Waals surface area (Å²) >= 11 is 5.67. The highest BCUT2D eigenvalue weighted by Crippen LogP contribution is 2.26. The normalized spacial score (nSPS) is 12.9. The van der Waals surface area contributed by atoms with Crippen LogP contribution in [0.25, 0.3) is 0 Å². The summed E-state index contributed by atoms with van der Waals surface area (Å²) in [5.41, 5.74) is -0.384. The Morgan fingerprint density at radius 1 is 1.38 bits per heavy atom. The van der Waals surface area contributed by atoms with Crippen molar-refractivity contribution < 1.29 is 32.3 Å². The molecule has 0 saturated carbocycles. The number of benzene rings is 1. The van der Waals surface area contributed by atoms with Gasteiger partial charge < -0.3 is 10.0 Å². The van der Waals surface area contributed by atoms with Crippen molar-refractivity contribution in [1.82, 2.24) is 4.90 Å². The van der Waals surface area contributed by atoms with Crippen molar-refractivity contribution in [1.29, 1.82) is 0 Å². The second kappa shape index (κ2) is 6.30. The van der Waals surface area contributed by atoms with E-state index >= 15 is 0 Å². The zero-order valence-corrected chi connectivity index (χ0v) is 11.4. The molecule has 1 unspecified atom stereocenters. The Morgan fingerprint density at radius 2 is 1.95 bits per heavy atom. The van der Waals surface area contributed by atoms with Crippen LogP contribution in [0.5, 0.6) is 0 Å². The van der Waals surface area contributed by atoms with E-state index in [2.05, 4.69) is 0 Å². The van der Waals surface area contributed by atoms with Crippen molar-refractivity contribution in [3.63, 3.8) is 0 Å². The van der Waals surface area contributed by atoms with Crippen LogP contribution in [0, 0.1) is 5.82 Å². The van der Waals surface area contributed by atoms with Crippen LogP contribution in [0.1, 0.15) is 12.5 Å². The third-order valence-corrected chi connectivity index (χ3v) is 3.07. The molecule has 0 radical (unpaired) electrons. The highest BCUT2D eigenvalue weighted by molar-refractivity contribution is 6.31. The summed E-state index contributed by atoms with van der Waals surface area (Å²) in [5, 5.41) is 8.59. The SMILES string of the molecule is CC(C(=O)O)N(Cc1c(F)cccc1Cl)C(=O)C(F)(F)F. The number of carbonyl (C=O) groups excluding carboxylic acids is 1. The molecule has 1 N–H and O–H groups in total. The van der Waals surface area contributed by atoms with E-state index in [0.29, 0.717) is 0 Å². The number of hydrogen-bond acceptors (Lipinski definition) is 2. The van der Waals surface area contributed by atoms with Gasteiger partial charge >= 0.3 is 18.1 Å². The molecule has 1 atom stereocenters. The minimum atomic E-state index is -5.28. The lowest BCUT2D eigenvalue weighted by molar-refractivity contribution is -0.190. The first-order chi connectivity index (χ1) is 9.55. The predicted molar refractivity (Wildman–Crippen MR) is 65.1 cm³/mol. The molecule has 4 nitrogen and oxygen atoms in total. The fourth-order valence-electron chi connectivity index (χ4n) is 1.53. The highest BCUT2D eigenvalue weighted by atomic mass is 35.5. The molecule has 1 aromatic rings. The molecule has 0 bridgehead atoms. The van der Waals surface area contributed by atoms with E-state index in [1.807, 2.05) is 0 Å². The average molecular weight is 328 g/mol. The van der Waals surface area contributed by atoms with E-state index < -0.39 is 36.5 Å². The molecular weight excluding hydrogens is 318 g/mol. The molecule has 0 heterocycles. The molecule has 0 aliphatic carbocycles. The summed E-state index contributed by atoms with van der Waals surface area (Å²) in [5.74, 6) is -4.96. The minimum Gasteiger partial charge on any atom is -0.480 e. The maximum absolute atomic E-state index is 13.6. The number of carboxylic acid groups (broad SMARTS) is 1. The Labute approximate surface area is 121 Å². The van der Waals surface area contributed by atoms with E-state index in [1.165, 1.54) is 12.1 Å². The molecule has 21 heavy (non-hydrogen) atoms. The average Bonchev–Trinajstić information content (AvgIpc) is 2.36. The second-order valence-corrected chi connectivity index (χ2v) is 4.55. The number of carbonyl (C=O) groups is 2. The van der Waals surface area contributed by atoms with Crippen LogP contribution in [0.2, 0.25) is 5.02 Å². The molecule has 1 aromatic carbocycles. The van der Waals surface area contributed by atoms with Gasteiger partial charge in [0.15, 0.2) is 0 Å². The number of carboxylic acids is 1. The topological polar surface area (TPSA) is 57.6 Å². The minimum absolute atomic E-state index is 0.00657. The molecule has 0 saturated heterocycles. The number of aliphatic carboxylic acids is 1. The molecule has 116 valence electrons. The van der Waals surface area contributed by atoms with Gasteiger partial charge in [-0.2, -0.15) is 13.2 Å². The van der Waals surface area contributed by atoms with Gasteiger partial charge in [0.25, 0.3) is 0 Å². The predicted octanol–water partition coefficient (Wildman–Crippen LogP) is 2.84. The maximum Gasteiger partial charge on any atom is 0.471 e. The molecule has 1 amide bonds. The number of amides is 1. The van der Waals surface area contributed by atoms with E-state index in [1.54, 1.807) is 0 Å². The Kier molecular flexibility index (Phi) is 5.16. The van der Waals surface area contributed by atoms with Crippen molar-refractivity contribution in [3.05, 3.63) is 34.6 Å². The fraction of sp³-hybridized carbons (Fsp3) is 0.333. The molecule has 0 aliphatic rings. The third kappa shape index (κ3) is 4.07. The standard InChI is InChI=1S/C12H10ClF4NO3/c1-6(10(19)20)18(11(21)12(15,16)17)5-7-8(13)3-2-4-9(7)14/h2-4,6H,5H2,1H3,(H,19,20). The number of rotatable bonds is 4. The van der Waals surface area contributed by atoms with Gasteiger partial charge in [-0.3, -0.25) is 4.79 Å². The van der Waals surface area contributed by atoms with Crippen LogP contribution < -0.4 is 0 Å². The van der Waals surface area contributed by atoms with Gasteiger partial charge in [-0.15, -0.1) is 0 Å². The highest BCUT2D eigenvalue weighted by Gasteiger charge is 2.45. The van der Waals surface area contributed by atoms with Crippen LogP contribution in [-0.4, -0.2) is 34.1 Å². The van der Waals surface area contributed by atoms with Crippen molar-refractivity contribution in [2.75, 3.05) is 0 Å². The van der Waals surface area contributed by atoms with Crippen molar-refractivity contribution in [2.45, 2.75) is 25.7 Å². The maximum atomic E-state index is 13.6. The Hall–Kier alpha value is -1.83. The van der Waals surface area contributed by atoms with E-state index in [4.69, 9.17) is 16.7 Å². The fourth-order valence-corrected chi connectivity index (χ4v) is 1.76. The first kappa shape index (κ1) is 17.2. The molecule has 1 rings (SSSR count). The molecule has 0 fully saturated rings. The third-order valence-electron chi connectivity index (χ3n) is 2.72. The zero-order valence-electron chi connectivity index (χ0n) is 10.6. The van der Waals surface area contributed by atoms with Crippen LogP contribution in [0.4, 0.5) is 17.6 Å². The van der Waals surface area contributed by atoms with Gasteiger partial charge in [0.2, 0.25) is 0 Å². The summed E-state index contributed by atoms with van der Waals surface area (Å²) < 4.78 is 51.1. The monoisotopic (exact) mass is 327 g/mol. The Bertz CT molecular complexity index is 542. The molecular formula is C12H10ClF4NO3. The Morgan fingerprint density at radius 3 is 2.38 bits per heavy atom. The number of hydrogen-bond donors (Lipinski definition) is 1. The summed E-state index contributed by atoms with van der Waals surface area (Å²) in [6.45, 7) is -0.0158. The van der Waals surface area contributed by atoms with Crippen molar-refractivity contribution in [3.8, 4) is 0 Å². The quantitative estimate of drug-likeness (QED) is 0.865. The van der Waals surface area contributed by atoms with Crippen LogP contribution >= 0.6 is 11.6 Å². The lowest BCUT2D eigenvalue weighted by atomic mass is 10.1. The number of halogens is 5. The van der Waals surface area contributed by atoms with Gasteiger partial charge in [-0.1, -0.05) is 17.7 Å². The van der Waals surface area contributed by atoms with E-state index in [9.17, 15) is 27.2 Å². The summed E-state index contributed by atoms with van der Waals surface area (Å²) in [4.78, 5) is 22.2. The van der Waals surface area contributed by atoms with E-state index in [-0.39, 0.29) is 15.5 Å². The number of nitrogens with zero attached hydrogens (tertiary/aromatic N) is 1. The lowest BCUT2D eigenvalue weighted by Crippen LogP contribution is -2.48. The van der Waals surface area contributed by atoms with Crippen LogP contribution in [0.3, 0.4) is 0 Å². The van der Waals surface area contributed by atoms with Crippen LogP contribution in [-0.2, 0) is 16.1 Å². The van der Waals surface area contributed by atoms with Gasteiger partial charge in [0.1, 0.15) is 11.9 Å². The van der Waals surface area contributed by atoms with Crippen molar-refractivity contribution >= 4 is 23.5 Å². The first-order valence-corrected chi connectivity index (χ1v) is 5.97. The first-order valence-electron chi connectivity index (χ1n) is 5.59.